The fourth-order valence-corrected chi connectivity index (χ4v) is 2.02. The maximum absolute atomic E-state index is 10.4. The second-order valence-corrected chi connectivity index (χ2v) is 4.63. The fraction of sp³-hybridized carbons (Fsp3) is 0.176. The van der Waals surface area contributed by atoms with Gasteiger partial charge in [0.2, 0.25) is 11.9 Å². The number of nitro groups is 1. The number of hydrogen-bond acceptors (Lipinski definition) is 5. The summed E-state index contributed by atoms with van der Waals surface area (Å²) in [5.41, 5.74) is 1.59. The van der Waals surface area contributed by atoms with E-state index in [0.29, 0.717) is 29.4 Å². The fourth-order valence-electron chi connectivity index (χ4n) is 2.02. The van der Waals surface area contributed by atoms with Crippen LogP contribution < -0.4 is 14.2 Å². The van der Waals surface area contributed by atoms with Crippen molar-refractivity contribution in [3.8, 4) is 17.2 Å². The average molecular weight is 315 g/mol. The highest BCUT2D eigenvalue weighted by atomic mass is 16.6. The lowest BCUT2D eigenvalue weighted by atomic mass is 10.1. The molecular weight excluding hydrogens is 298 g/mol. The lowest BCUT2D eigenvalue weighted by Crippen LogP contribution is -2.00. The van der Waals surface area contributed by atoms with Gasteiger partial charge in [0.1, 0.15) is 6.61 Å². The van der Waals surface area contributed by atoms with Gasteiger partial charge in [0.05, 0.1) is 19.1 Å². The number of benzene rings is 2. The van der Waals surface area contributed by atoms with Crippen LogP contribution in [0.4, 0.5) is 0 Å². The number of ether oxygens (including phenoxy) is 3. The molecule has 0 bridgehead atoms. The molecule has 0 aliphatic heterocycles. The van der Waals surface area contributed by atoms with Gasteiger partial charge in [-0.15, -0.1) is 0 Å². The first-order valence-electron chi connectivity index (χ1n) is 6.88. The van der Waals surface area contributed by atoms with Gasteiger partial charge in [0.25, 0.3) is 0 Å². The SMILES string of the molecule is COc1cc(C=C[N+](=O)[O-])cc(OC)c1OCc1ccccc1. The van der Waals surface area contributed by atoms with Crippen molar-refractivity contribution in [1.29, 1.82) is 0 Å². The summed E-state index contributed by atoms with van der Waals surface area (Å²) in [6.45, 7) is 0.359. The molecule has 0 atom stereocenters. The van der Waals surface area contributed by atoms with Gasteiger partial charge in [-0.3, -0.25) is 10.1 Å². The predicted molar refractivity (Wildman–Crippen MR) is 86.3 cm³/mol. The molecule has 0 saturated carbocycles. The molecule has 0 aliphatic rings. The summed E-state index contributed by atoms with van der Waals surface area (Å²) in [7, 11) is 3.01. The molecular formula is C17H17NO5. The van der Waals surface area contributed by atoms with E-state index in [1.54, 1.807) is 12.1 Å². The van der Waals surface area contributed by atoms with Crippen molar-refractivity contribution in [2.75, 3.05) is 14.2 Å². The molecule has 0 heterocycles. The van der Waals surface area contributed by atoms with Crippen LogP contribution >= 0.6 is 0 Å². The second-order valence-electron chi connectivity index (χ2n) is 4.63. The Kier molecular flexibility index (Phi) is 5.57. The van der Waals surface area contributed by atoms with Crippen molar-refractivity contribution < 1.29 is 19.1 Å². The van der Waals surface area contributed by atoms with Gasteiger partial charge in [-0.2, -0.15) is 0 Å². The first-order valence-corrected chi connectivity index (χ1v) is 6.88. The van der Waals surface area contributed by atoms with Crippen LogP contribution in [0.3, 0.4) is 0 Å². The summed E-state index contributed by atoms with van der Waals surface area (Å²) < 4.78 is 16.4. The maximum atomic E-state index is 10.4. The zero-order valence-electron chi connectivity index (χ0n) is 12.9. The van der Waals surface area contributed by atoms with E-state index in [1.807, 2.05) is 30.3 Å². The van der Waals surface area contributed by atoms with Gasteiger partial charge in [0.15, 0.2) is 11.5 Å². The quantitative estimate of drug-likeness (QED) is 0.577. The molecule has 23 heavy (non-hydrogen) atoms. The Morgan fingerprint density at radius 1 is 1.09 bits per heavy atom. The molecule has 0 spiro atoms. The van der Waals surface area contributed by atoms with E-state index in [4.69, 9.17) is 14.2 Å². The summed E-state index contributed by atoms with van der Waals surface area (Å²) in [4.78, 5) is 9.91. The van der Waals surface area contributed by atoms with E-state index >= 15 is 0 Å². The van der Waals surface area contributed by atoms with Gasteiger partial charge in [0, 0.05) is 6.08 Å². The van der Waals surface area contributed by atoms with Crippen molar-refractivity contribution in [2.45, 2.75) is 6.61 Å². The highest BCUT2D eigenvalue weighted by Gasteiger charge is 2.14. The van der Waals surface area contributed by atoms with Crippen molar-refractivity contribution in [3.05, 3.63) is 69.9 Å². The van der Waals surface area contributed by atoms with Crippen molar-refractivity contribution in [3.63, 3.8) is 0 Å². The number of rotatable bonds is 7. The van der Waals surface area contributed by atoms with Crippen LogP contribution in [0.1, 0.15) is 11.1 Å². The Bertz CT molecular complexity index is 672. The minimum absolute atomic E-state index is 0.359. The summed E-state index contributed by atoms with van der Waals surface area (Å²) in [6, 6.07) is 13.0. The van der Waals surface area contributed by atoms with E-state index in [1.165, 1.54) is 20.3 Å². The third-order valence-electron chi connectivity index (χ3n) is 3.10. The summed E-state index contributed by atoms with van der Waals surface area (Å²) >= 11 is 0. The van der Waals surface area contributed by atoms with Crippen LogP contribution in [0.5, 0.6) is 17.2 Å². The topological polar surface area (TPSA) is 70.8 Å². The van der Waals surface area contributed by atoms with Crippen LogP contribution in [0.15, 0.2) is 48.7 Å². The van der Waals surface area contributed by atoms with Gasteiger partial charge in [-0.25, -0.2) is 0 Å². The van der Waals surface area contributed by atoms with Gasteiger partial charge < -0.3 is 14.2 Å². The number of hydrogen-bond donors (Lipinski definition) is 0. The van der Waals surface area contributed by atoms with E-state index in [-0.39, 0.29) is 0 Å². The van der Waals surface area contributed by atoms with Crippen LogP contribution in [-0.2, 0) is 6.61 Å². The Hall–Kier alpha value is -3.02. The van der Waals surface area contributed by atoms with E-state index in [0.717, 1.165) is 11.8 Å². The molecule has 0 aliphatic carbocycles. The van der Waals surface area contributed by atoms with E-state index < -0.39 is 4.92 Å². The lowest BCUT2D eigenvalue weighted by Gasteiger charge is -2.15. The first kappa shape index (κ1) is 16.4. The van der Waals surface area contributed by atoms with Crippen molar-refractivity contribution in [2.24, 2.45) is 0 Å². The normalized spacial score (nSPS) is 10.5. The molecule has 2 aromatic carbocycles. The predicted octanol–water partition coefficient (Wildman–Crippen LogP) is 3.53. The molecule has 0 unspecified atom stereocenters. The average Bonchev–Trinajstić information content (AvgIpc) is 2.58. The van der Waals surface area contributed by atoms with Crippen LogP contribution in [0, 0.1) is 10.1 Å². The van der Waals surface area contributed by atoms with E-state index in [2.05, 4.69) is 0 Å². The maximum Gasteiger partial charge on any atom is 0.235 e. The Balaban J connectivity index is 2.28. The summed E-state index contributed by atoms with van der Waals surface area (Å²) in [5.74, 6) is 1.35. The van der Waals surface area contributed by atoms with Gasteiger partial charge >= 0.3 is 0 Å². The first-order chi connectivity index (χ1) is 11.1. The Morgan fingerprint density at radius 3 is 2.22 bits per heavy atom. The minimum Gasteiger partial charge on any atom is -0.493 e. The molecule has 0 N–H and O–H groups in total. The molecule has 6 heteroatoms. The Morgan fingerprint density at radius 2 is 1.70 bits per heavy atom. The largest absolute Gasteiger partial charge is 0.493 e. The third-order valence-corrected chi connectivity index (χ3v) is 3.10. The molecule has 0 fully saturated rings. The third kappa shape index (κ3) is 4.47. The molecule has 2 aromatic rings. The molecule has 0 radical (unpaired) electrons. The zero-order valence-corrected chi connectivity index (χ0v) is 12.9. The lowest BCUT2D eigenvalue weighted by molar-refractivity contribution is -0.400. The van der Waals surface area contributed by atoms with Crippen molar-refractivity contribution in [1.82, 2.24) is 0 Å². The standard InChI is InChI=1S/C17H17NO5/c1-21-15-10-14(8-9-18(19)20)11-16(22-2)17(15)23-12-13-6-4-3-5-7-13/h3-11H,12H2,1-2H3. The smallest absolute Gasteiger partial charge is 0.235 e. The van der Waals surface area contributed by atoms with Gasteiger partial charge in [-0.1, -0.05) is 30.3 Å². The minimum atomic E-state index is -0.529. The molecule has 0 aromatic heterocycles. The molecule has 2 rings (SSSR count). The van der Waals surface area contributed by atoms with Crippen molar-refractivity contribution >= 4 is 6.08 Å². The van der Waals surface area contributed by atoms with Crippen LogP contribution in [-0.4, -0.2) is 19.1 Å². The monoisotopic (exact) mass is 315 g/mol. The van der Waals surface area contributed by atoms with Gasteiger partial charge in [-0.05, 0) is 23.3 Å². The van der Waals surface area contributed by atoms with E-state index in [9.17, 15) is 10.1 Å². The molecule has 0 saturated heterocycles. The highest BCUT2D eigenvalue weighted by molar-refractivity contribution is 5.61. The Labute approximate surface area is 134 Å². The summed E-state index contributed by atoms with van der Waals surface area (Å²) in [6.07, 6.45) is 2.23. The molecule has 120 valence electrons. The zero-order chi connectivity index (χ0) is 16.7. The van der Waals surface area contributed by atoms with Crippen LogP contribution in [0.25, 0.3) is 6.08 Å². The highest BCUT2D eigenvalue weighted by Crippen LogP contribution is 2.39. The number of nitrogens with zero attached hydrogens (tertiary/aromatic N) is 1. The molecule has 6 nitrogen and oxygen atoms in total. The summed E-state index contributed by atoms with van der Waals surface area (Å²) in [5, 5.41) is 10.4. The van der Waals surface area contributed by atoms with Crippen LogP contribution in [0.2, 0.25) is 0 Å². The molecule has 0 amide bonds. The second kappa shape index (κ2) is 7.84. The number of methoxy groups -OCH3 is 2.